The highest BCUT2D eigenvalue weighted by molar-refractivity contribution is 6.10. The smallest absolute Gasteiger partial charge is 0.299 e. The first-order valence-corrected chi connectivity index (χ1v) is 7.94. The lowest BCUT2D eigenvalue weighted by atomic mass is 10.0. The fourth-order valence-electron chi connectivity index (χ4n) is 3.17. The number of nitrogens with one attached hydrogen (secondary N) is 1. The molecule has 1 N–H and O–H groups in total. The molecule has 7 heteroatoms. The van der Waals surface area contributed by atoms with Crippen molar-refractivity contribution in [3.05, 3.63) is 55.9 Å². The lowest BCUT2D eigenvalue weighted by Gasteiger charge is -2.02. The van der Waals surface area contributed by atoms with E-state index in [1.807, 2.05) is 13.8 Å². The van der Waals surface area contributed by atoms with Crippen molar-refractivity contribution in [1.29, 1.82) is 0 Å². The van der Waals surface area contributed by atoms with Crippen molar-refractivity contribution in [2.45, 2.75) is 33.9 Å². The van der Waals surface area contributed by atoms with Gasteiger partial charge in [-0.2, -0.15) is 0 Å². The largest absolute Gasteiger partial charge is 0.329 e. The first kappa shape index (κ1) is 16.0. The van der Waals surface area contributed by atoms with Gasteiger partial charge >= 0.3 is 5.69 Å². The van der Waals surface area contributed by atoms with Gasteiger partial charge in [0.05, 0.1) is 11.0 Å². The first-order chi connectivity index (χ1) is 11.4. The third-order valence-corrected chi connectivity index (χ3v) is 4.37. The van der Waals surface area contributed by atoms with Gasteiger partial charge in [0.1, 0.15) is 5.56 Å². The maximum absolute atomic E-state index is 12.8. The standard InChI is InChI=1S/C17H20N4O3/c1-5-20-12-8-7-11(9-13(12)21(6-2)17(20)24)15(22)14-10(3)18-19(4)16(14)23/h7-9,18H,5-6H2,1-4H3. The second kappa shape index (κ2) is 5.67. The minimum Gasteiger partial charge on any atom is -0.299 e. The summed E-state index contributed by atoms with van der Waals surface area (Å²) in [6.07, 6.45) is 0. The Morgan fingerprint density at radius 2 is 1.71 bits per heavy atom. The summed E-state index contributed by atoms with van der Waals surface area (Å²) in [7, 11) is 1.57. The van der Waals surface area contributed by atoms with Gasteiger partial charge in [-0.15, -0.1) is 0 Å². The van der Waals surface area contributed by atoms with Gasteiger partial charge < -0.3 is 0 Å². The Morgan fingerprint density at radius 3 is 2.25 bits per heavy atom. The minimum absolute atomic E-state index is 0.0895. The maximum atomic E-state index is 12.8. The summed E-state index contributed by atoms with van der Waals surface area (Å²) >= 11 is 0. The highest BCUT2D eigenvalue weighted by Gasteiger charge is 2.21. The van der Waals surface area contributed by atoms with Gasteiger partial charge in [-0.25, -0.2) is 4.79 Å². The van der Waals surface area contributed by atoms with E-state index in [1.54, 1.807) is 41.3 Å². The Bertz CT molecular complexity index is 1060. The molecule has 0 aliphatic heterocycles. The Morgan fingerprint density at radius 1 is 1.08 bits per heavy atom. The average Bonchev–Trinajstić information content (AvgIpc) is 2.98. The highest BCUT2D eigenvalue weighted by Crippen LogP contribution is 2.18. The number of ketones is 1. The second-order valence-corrected chi connectivity index (χ2v) is 5.78. The molecule has 3 aromatic rings. The number of nitrogens with zero attached hydrogens (tertiary/aromatic N) is 3. The number of fused-ring (bicyclic) bond motifs is 1. The van der Waals surface area contributed by atoms with Gasteiger partial charge in [0.25, 0.3) is 5.56 Å². The van der Waals surface area contributed by atoms with Gasteiger partial charge in [0, 0.05) is 31.4 Å². The Labute approximate surface area is 138 Å². The van der Waals surface area contributed by atoms with E-state index in [1.165, 1.54) is 4.68 Å². The van der Waals surface area contributed by atoms with Crippen LogP contribution in [-0.4, -0.2) is 24.7 Å². The van der Waals surface area contributed by atoms with Gasteiger partial charge in [-0.3, -0.25) is 28.5 Å². The van der Waals surface area contributed by atoms with Crippen LogP contribution in [0.5, 0.6) is 0 Å². The number of H-pyrrole nitrogens is 1. The van der Waals surface area contributed by atoms with Crippen molar-refractivity contribution in [1.82, 2.24) is 18.9 Å². The molecule has 2 heterocycles. The zero-order chi connectivity index (χ0) is 17.6. The van der Waals surface area contributed by atoms with E-state index in [0.29, 0.717) is 29.9 Å². The van der Waals surface area contributed by atoms with Gasteiger partial charge in [0.15, 0.2) is 0 Å². The number of aromatic nitrogens is 4. The molecule has 0 atom stereocenters. The quantitative estimate of drug-likeness (QED) is 0.735. The Balaban J connectivity index is 2.23. The van der Waals surface area contributed by atoms with Crippen LogP contribution in [0, 0.1) is 6.92 Å². The van der Waals surface area contributed by atoms with Crippen LogP contribution in [-0.2, 0) is 20.1 Å². The predicted molar refractivity (Wildman–Crippen MR) is 91.7 cm³/mol. The van der Waals surface area contributed by atoms with Gasteiger partial charge in [-0.05, 0) is 39.0 Å². The maximum Gasteiger partial charge on any atom is 0.329 e. The lowest BCUT2D eigenvalue weighted by Crippen LogP contribution is -2.23. The van der Waals surface area contributed by atoms with E-state index in [-0.39, 0.29) is 22.6 Å². The van der Waals surface area contributed by atoms with Crippen molar-refractivity contribution in [3.63, 3.8) is 0 Å². The van der Waals surface area contributed by atoms with Crippen LogP contribution in [0.3, 0.4) is 0 Å². The van der Waals surface area contributed by atoms with Crippen LogP contribution in [0.1, 0.15) is 35.5 Å². The van der Waals surface area contributed by atoms with Crippen LogP contribution in [0.25, 0.3) is 11.0 Å². The molecule has 0 aliphatic rings. The molecular weight excluding hydrogens is 308 g/mol. The molecule has 0 saturated carbocycles. The summed E-state index contributed by atoms with van der Waals surface area (Å²) in [4.78, 5) is 37.3. The fourth-order valence-corrected chi connectivity index (χ4v) is 3.17. The van der Waals surface area contributed by atoms with Crippen LogP contribution in [0.4, 0.5) is 0 Å². The molecule has 0 radical (unpaired) electrons. The third-order valence-electron chi connectivity index (χ3n) is 4.37. The molecule has 3 rings (SSSR count). The summed E-state index contributed by atoms with van der Waals surface area (Å²) in [5, 5.41) is 2.83. The number of carbonyl (C=O) groups is 1. The Kier molecular flexibility index (Phi) is 3.79. The molecule has 0 amide bonds. The van der Waals surface area contributed by atoms with E-state index in [9.17, 15) is 14.4 Å². The molecule has 1 aromatic carbocycles. The Hall–Kier alpha value is -2.83. The number of imidazole rings is 1. The normalized spacial score (nSPS) is 11.3. The number of hydrogen-bond acceptors (Lipinski definition) is 3. The summed E-state index contributed by atoms with van der Waals surface area (Å²) < 4.78 is 4.60. The van der Waals surface area contributed by atoms with Crippen molar-refractivity contribution in [2.24, 2.45) is 7.05 Å². The molecule has 0 spiro atoms. The fraction of sp³-hybridized carbons (Fsp3) is 0.353. The van der Waals surface area contributed by atoms with E-state index >= 15 is 0 Å². The third kappa shape index (κ3) is 2.16. The van der Waals surface area contributed by atoms with Crippen LogP contribution >= 0.6 is 0 Å². The summed E-state index contributed by atoms with van der Waals surface area (Å²) in [5.74, 6) is -0.337. The number of hydrogen-bond donors (Lipinski definition) is 1. The summed E-state index contributed by atoms with van der Waals surface area (Å²) in [5.41, 5.74) is 2.13. The van der Waals surface area contributed by atoms with E-state index < -0.39 is 0 Å². The van der Waals surface area contributed by atoms with E-state index in [2.05, 4.69) is 5.10 Å². The summed E-state index contributed by atoms with van der Waals surface area (Å²) in [6, 6.07) is 5.13. The SMILES string of the molecule is CCn1c(=O)n(CC)c2cc(C(=O)c3c(C)[nH]n(C)c3=O)ccc21. The zero-order valence-electron chi connectivity index (χ0n) is 14.2. The molecule has 0 fully saturated rings. The highest BCUT2D eigenvalue weighted by atomic mass is 16.2. The molecule has 0 bridgehead atoms. The molecule has 0 saturated heterocycles. The molecule has 126 valence electrons. The van der Waals surface area contributed by atoms with Gasteiger partial charge in [0.2, 0.25) is 5.78 Å². The molecule has 0 unspecified atom stereocenters. The number of benzene rings is 1. The lowest BCUT2D eigenvalue weighted by molar-refractivity contribution is 0.103. The van der Waals surface area contributed by atoms with Crippen molar-refractivity contribution in [2.75, 3.05) is 0 Å². The number of aryl methyl sites for hydroxylation is 4. The molecule has 2 aromatic heterocycles. The molecule has 0 aliphatic carbocycles. The molecular formula is C17H20N4O3. The van der Waals surface area contributed by atoms with Crippen molar-refractivity contribution >= 4 is 16.8 Å². The van der Waals surface area contributed by atoms with Crippen LogP contribution in [0.15, 0.2) is 27.8 Å². The average molecular weight is 328 g/mol. The molecule has 24 heavy (non-hydrogen) atoms. The van der Waals surface area contributed by atoms with E-state index in [4.69, 9.17) is 0 Å². The van der Waals surface area contributed by atoms with Crippen LogP contribution in [0.2, 0.25) is 0 Å². The van der Waals surface area contributed by atoms with Crippen molar-refractivity contribution in [3.8, 4) is 0 Å². The predicted octanol–water partition coefficient (Wildman–Crippen LogP) is 1.41. The first-order valence-electron chi connectivity index (χ1n) is 7.94. The van der Waals surface area contributed by atoms with Gasteiger partial charge in [-0.1, -0.05) is 0 Å². The topological polar surface area (TPSA) is 81.8 Å². The van der Waals surface area contributed by atoms with Crippen LogP contribution < -0.4 is 11.2 Å². The number of rotatable bonds is 4. The van der Waals surface area contributed by atoms with E-state index in [0.717, 1.165) is 5.52 Å². The zero-order valence-corrected chi connectivity index (χ0v) is 14.2. The monoisotopic (exact) mass is 328 g/mol. The summed E-state index contributed by atoms with van der Waals surface area (Å²) in [6.45, 7) is 6.58. The number of carbonyl (C=O) groups excluding carboxylic acids is 1. The minimum atomic E-state index is -0.350. The van der Waals surface area contributed by atoms with Crippen molar-refractivity contribution < 1.29 is 4.79 Å². The number of aromatic amines is 1. The molecule has 7 nitrogen and oxygen atoms in total. The second-order valence-electron chi connectivity index (χ2n) is 5.78.